The van der Waals surface area contributed by atoms with Crippen LogP contribution in [0.3, 0.4) is 0 Å². The highest BCUT2D eigenvalue weighted by Gasteiger charge is 2.38. The summed E-state index contributed by atoms with van der Waals surface area (Å²) < 4.78 is 9.38. The van der Waals surface area contributed by atoms with E-state index in [-0.39, 0.29) is 6.04 Å². The zero-order valence-corrected chi connectivity index (χ0v) is 25.0. The molecule has 10 rings (SSSR count). The molecular weight excluding hydrogens is 562 g/mol. The smallest absolute Gasteiger partial charge is 0.145 e. The standard InChI is InChI=1S/C42H29N3O/c43-26-21-23-38(45-35-18-7-4-13-28(35)29-14-5-8-19-36(29)45)34(25-26)31-17-10-16-30-32-22-24-39-40(42(32)46-41(30)31)33-15-6-9-20-37(33)44(39)27-11-2-1-3-12-27/h1-25,28,35H,43H2. The quantitative estimate of drug-likeness (QED) is 0.208. The molecule has 4 nitrogen and oxygen atoms in total. The van der Waals surface area contributed by atoms with Crippen molar-refractivity contribution < 1.29 is 4.42 Å². The summed E-state index contributed by atoms with van der Waals surface area (Å²) in [5, 5.41) is 4.51. The molecule has 2 atom stereocenters. The van der Waals surface area contributed by atoms with Crippen molar-refractivity contribution in [2.45, 2.75) is 12.0 Å². The van der Waals surface area contributed by atoms with Gasteiger partial charge in [-0.15, -0.1) is 0 Å². The number of rotatable bonds is 3. The summed E-state index contributed by atoms with van der Waals surface area (Å²) >= 11 is 0. The highest BCUT2D eigenvalue weighted by molar-refractivity contribution is 6.25. The summed E-state index contributed by atoms with van der Waals surface area (Å²) in [5.74, 6) is 0.295. The fraction of sp³-hybridized carbons (Fsp3) is 0.0476. The van der Waals surface area contributed by atoms with Crippen LogP contribution in [0, 0.1) is 0 Å². The van der Waals surface area contributed by atoms with Gasteiger partial charge in [0, 0.05) is 56.0 Å². The van der Waals surface area contributed by atoms with Crippen molar-refractivity contribution in [3.63, 3.8) is 0 Å². The number of fused-ring (bicyclic) bond motifs is 10. The fourth-order valence-electron chi connectivity index (χ4n) is 7.92. The van der Waals surface area contributed by atoms with E-state index in [1.807, 2.05) is 6.07 Å². The molecule has 0 saturated heterocycles. The molecule has 2 N–H and O–H groups in total. The Balaban J connectivity index is 1.25. The first-order valence-corrected chi connectivity index (χ1v) is 15.8. The lowest BCUT2D eigenvalue weighted by atomic mass is 9.91. The van der Waals surface area contributed by atoms with Gasteiger partial charge in [-0.3, -0.25) is 0 Å². The minimum absolute atomic E-state index is 0.184. The number of nitrogens with two attached hydrogens (primary N) is 1. The molecule has 1 aliphatic carbocycles. The summed E-state index contributed by atoms with van der Waals surface area (Å²) in [6.45, 7) is 0. The Labute approximate surface area is 265 Å². The fourth-order valence-corrected chi connectivity index (χ4v) is 7.92. The summed E-state index contributed by atoms with van der Waals surface area (Å²) in [7, 11) is 0. The average molecular weight is 592 g/mol. The van der Waals surface area contributed by atoms with E-state index in [2.05, 4.69) is 155 Å². The van der Waals surface area contributed by atoms with Gasteiger partial charge in [-0.2, -0.15) is 0 Å². The molecule has 2 aliphatic rings. The van der Waals surface area contributed by atoms with Gasteiger partial charge in [-0.25, -0.2) is 0 Å². The lowest BCUT2D eigenvalue weighted by Crippen LogP contribution is -2.29. The first-order chi connectivity index (χ1) is 22.8. The second kappa shape index (κ2) is 9.50. The molecule has 8 aromatic rings. The van der Waals surface area contributed by atoms with Gasteiger partial charge in [0.2, 0.25) is 0 Å². The maximum atomic E-state index is 7.04. The van der Waals surface area contributed by atoms with Crippen LogP contribution in [0.15, 0.2) is 156 Å². The summed E-state index contributed by atoms with van der Waals surface area (Å²) in [6.07, 6.45) is 8.95. The third kappa shape index (κ3) is 3.44. The Kier molecular flexibility index (Phi) is 5.23. The molecule has 6 aromatic carbocycles. The number of nitrogen functional groups attached to an aromatic ring is 1. The van der Waals surface area contributed by atoms with Crippen LogP contribution in [0.5, 0.6) is 0 Å². The summed E-state index contributed by atoms with van der Waals surface area (Å²) in [5.41, 5.74) is 18.2. The second-order valence-electron chi connectivity index (χ2n) is 12.3. The van der Waals surface area contributed by atoms with Gasteiger partial charge in [-0.1, -0.05) is 97.1 Å². The summed E-state index contributed by atoms with van der Waals surface area (Å²) in [6, 6.07) is 45.3. The third-order valence-electron chi connectivity index (χ3n) is 9.84. The minimum Gasteiger partial charge on any atom is -0.455 e. The molecule has 0 spiro atoms. The Morgan fingerprint density at radius 3 is 2.28 bits per heavy atom. The molecule has 218 valence electrons. The zero-order chi connectivity index (χ0) is 30.4. The molecule has 2 aromatic heterocycles. The molecule has 1 aliphatic heterocycles. The summed E-state index contributed by atoms with van der Waals surface area (Å²) in [4.78, 5) is 2.47. The zero-order valence-electron chi connectivity index (χ0n) is 25.0. The van der Waals surface area contributed by atoms with Gasteiger partial charge in [0.25, 0.3) is 0 Å². The van der Waals surface area contributed by atoms with Gasteiger partial charge < -0.3 is 19.6 Å². The SMILES string of the molecule is Nc1ccc(N2c3ccccc3C3C=CC=CC32)c(-c2cccc3c2oc2c3ccc3c2c2ccccc2n3-c2ccccc2)c1. The van der Waals surface area contributed by atoms with Crippen LogP contribution in [-0.2, 0) is 0 Å². The van der Waals surface area contributed by atoms with Gasteiger partial charge >= 0.3 is 0 Å². The molecule has 0 bridgehead atoms. The van der Waals surface area contributed by atoms with E-state index in [1.165, 1.54) is 16.6 Å². The number of aromatic nitrogens is 1. The van der Waals surface area contributed by atoms with Crippen molar-refractivity contribution in [2.24, 2.45) is 0 Å². The van der Waals surface area contributed by atoms with Crippen LogP contribution in [-0.4, -0.2) is 10.6 Å². The minimum atomic E-state index is 0.184. The van der Waals surface area contributed by atoms with E-state index in [0.717, 1.165) is 66.5 Å². The number of hydrogen-bond acceptors (Lipinski definition) is 3. The van der Waals surface area contributed by atoms with Gasteiger partial charge in [0.15, 0.2) is 0 Å². The van der Waals surface area contributed by atoms with Crippen molar-refractivity contribution in [1.82, 2.24) is 4.57 Å². The monoisotopic (exact) mass is 591 g/mol. The van der Waals surface area contributed by atoms with Crippen LogP contribution >= 0.6 is 0 Å². The number of allylic oxidation sites excluding steroid dienone is 2. The molecule has 0 saturated carbocycles. The van der Waals surface area contributed by atoms with Gasteiger partial charge in [0.05, 0.1) is 22.5 Å². The lowest BCUT2D eigenvalue weighted by Gasteiger charge is -2.30. The highest BCUT2D eigenvalue weighted by Crippen LogP contribution is 2.51. The molecular formula is C42H29N3O. The Morgan fingerprint density at radius 1 is 0.565 bits per heavy atom. The second-order valence-corrected chi connectivity index (χ2v) is 12.3. The van der Waals surface area contributed by atoms with E-state index < -0.39 is 0 Å². The number of benzene rings is 6. The lowest BCUT2D eigenvalue weighted by molar-refractivity contribution is 0.674. The number of para-hydroxylation sites is 4. The Bertz CT molecular complexity index is 2570. The molecule has 0 radical (unpaired) electrons. The maximum absolute atomic E-state index is 7.04. The highest BCUT2D eigenvalue weighted by atomic mass is 16.3. The van der Waals surface area contributed by atoms with Crippen LogP contribution in [0.4, 0.5) is 17.1 Å². The number of nitrogens with zero attached hydrogens (tertiary/aromatic N) is 2. The number of furan rings is 1. The van der Waals surface area contributed by atoms with Crippen LogP contribution in [0.1, 0.15) is 11.5 Å². The van der Waals surface area contributed by atoms with Crippen molar-refractivity contribution in [3.05, 3.63) is 157 Å². The van der Waals surface area contributed by atoms with Crippen LogP contribution in [0.25, 0.3) is 60.6 Å². The van der Waals surface area contributed by atoms with E-state index in [4.69, 9.17) is 10.2 Å². The van der Waals surface area contributed by atoms with Gasteiger partial charge in [0.1, 0.15) is 11.2 Å². The van der Waals surface area contributed by atoms with Crippen LogP contribution < -0.4 is 10.6 Å². The molecule has 3 heterocycles. The van der Waals surface area contributed by atoms with Crippen molar-refractivity contribution >= 4 is 60.8 Å². The first kappa shape index (κ1) is 25.3. The van der Waals surface area contributed by atoms with E-state index >= 15 is 0 Å². The van der Waals surface area contributed by atoms with Crippen molar-refractivity contribution in [1.29, 1.82) is 0 Å². The third-order valence-corrected chi connectivity index (χ3v) is 9.84. The first-order valence-electron chi connectivity index (χ1n) is 15.8. The molecule has 0 fully saturated rings. The molecule has 0 amide bonds. The Hall–Kier alpha value is -6.00. The maximum Gasteiger partial charge on any atom is 0.145 e. The van der Waals surface area contributed by atoms with Crippen LogP contribution in [0.2, 0.25) is 0 Å². The van der Waals surface area contributed by atoms with E-state index in [9.17, 15) is 0 Å². The number of hydrogen-bond donors (Lipinski definition) is 1. The largest absolute Gasteiger partial charge is 0.455 e. The van der Waals surface area contributed by atoms with Crippen molar-refractivity contribution in [2.75, 3.05) is 10.6 Å². The molecule has 4 heteroatoms. The van der Waals surface area contributed by atoms with E-state index in [0.29, 0.717) is 5.92 Å². The molecule has 46 heavy (non-hydrogen) atoms. The predicted molar refractivity (Wildman–Crippen MR) is 191 cm³/mol. The predicted octanol–water partition coefficient (Wildman–Crippen LogP) is 10.7. The van der Waals surface area contributed by atoms with Crippen molar-refractivity contribution in [3.8, 4) is 16.8 Å². The normalized spacial score (nSPS) is 17.0. The topological polar surface area (TPSA) is 47.3 Å². The average Bonchev–Trinajstić information content (AvgIpc) is 3.76. The molecule has 2 unspecified atom stereocenters. The van der Waals surface area contributed by atoms with Gasteiger partial charge in [-0.05, 0) is 60.2 Å². The van der Waals surface area contributed by atoms with E-state index in [1.54, 1.807) is 0 Å². The Morgan fingerprint density at radius 2 is 1.35 bits per heavy atom. The number of anilines is 3.